The summed E-state index contributed by atoms with van der Waals surface area (Å²) in [7, 11) is 0. The van der Waals surface area contributed by atoms with Gasteiger partial charge in [0.15, 0.2) is 0 Å². The summed E-state index contributed by atoms with van der Waals surface area (Å²) in [6.07, 6.45) is 1.97. The lowest BCUT2D eigenvalue weighted by Gasteiger charge is -2.12. The second-order valence-corrected chi connectivity index (χ2v) is 4.05. The molecule has 2 aromatic rings. The number of hydrogen-bond donors (Lipinski definition) is 0. The Bertz CT molecular complexity index is 569. The quantitative estimate of drug-likeness (QED) is 0.765. The largest absolute Gasteiger partial charge is 0.365 e. The molecule has 1 aliphatic heterocycles. The Balaban J connectivity index is 1.80. The lowest BCUT2D eigenvalue weighted by molar-refractivity contribution is 0.0655. The van der Waals surface area contributed by atoms with Crippen molar-refractivity contribution in [3.8, 4) is 0 Å². The van der Waals surface area contributed by atoms with Gasteiger partial charge >= 0.3 is 0 Å². The van der Waals surface area contributed by atoms with Gasteiger partial charge < -0.3 is 4.52 Å². The number of fused-ring (bicyclic) bond motifs is 1. The van der Waals surface area contributed by atoms with Gasteiger partial charge in [-0.25, -0.2) is 0 Å². The summed E-state index contributed by atoms with van der Waals surface area (Å²) in [5, 5.41) is 3.75. The standard InChI is InChI=1S/C13H10N2O3/c16-12-10-3-1-2-4-11(10)13(17)15(12)7-5-9-6-8-18-14-9/h1-4,6,8H,5,7H2. The Morgan fingerprint density at radius 1 is 1.06 bits per heavy atom. The lowest BCUT2D eigenvalue weighted by Crippen LogP contribution is -2.31. The molecule has 0 saturated heterocycles. The van der Waals surface area contributed by atoms with Gasteiger partial charge in [0, 0.05) is 19.0 Å². The van der Waals surface area contributed by atoms with E-state index in [1.807, 2.05) is 0 Å². The molecule has 2 amide bonds. The van der Waals surface area contributed by atoms with Gasteiger partial charge in [-0.2, -0.15) is 0 Å². The first-order valence-electron chi connectivity index (χ1n) is 5.62. The van der Waals surface area contributed by atoms with Gasteiger partial charge in [0.25, 0.3) is 11.8 Å². The van der Waals surface area contributed by atoms with Gasteiger partial charge in [-0.05, 0) is 12.1 Å². The van der Waals surface area contributed by atoms with E-state index in [4.69, 9.17) is 4.52 Å². The highest BCUT2D eigenvalue weighted by Gasteiger charge is 2.34. The van der Waals surface area contributed by atoms with Crippen molar-refractivity contribution in [1.29, 1.82) is 0 Å². The average Bonchev–Trinajstić information content (AvgIpc) is 2.98. The van der Waals surface area contributed by atoms with E-state index in [1.54, 1.807) is 30.3 Å². The minimum atomic E-state index is -0.237. The van der Waals surface area contributed by atoms with Crippen LogP contribution in [0.15, 0.2) is 41.1 Å². The van der Waals surface area contributed by atoms with Crippen molar-refractivity contribution in [1.82, 2.24) is 10.1 Å². The molecule has 1 aliphatic rings. The number of hydrogen-bond acceptors (Lipinski definition) is 4. The SMILES string of the molecule is O=C1c2ccccc2C(=O)N1CCc1ccon1. The number of amides is 2. The normalized spacial score (nSPS) is 14.1. The highest BCUT2D eigenvalue weighted by atomic mass is 16.5. The van der Waals surface area contributed by atoms with Crippen LogP contribution in [-0.2, 0) is 6.42 Å². The van der Waals surface area contributed by atoms with E-state index in [-0.39, 0.29) is 11.8 Å². The molecule has 0 aliphatic carbocycles. The van der Waals surface area contributed by atoms with Gasteiger partial charge in [-0.15, -0.1) is 0 Å². The third kappa shape index (κ3) is 1.60. The van der Waals surface area contributed by atoms with Crippen LogP contribution < -0.4 is 0 Å². The van der Waals surface area contributed by atoms with E-state index < -0.39 is 0 Å². The number of aromatic nitrogens is 1. The zero-order chi connectivity index (χ0) is 12.5. The van der Waals surface area contributed by atoms with Crippen LogP contribution >= 0.6 is 0 Å². The zero-order valence-electron chi connectivity index (χ0n) is 9.50. The van der Waals surface area contributed by atoms with E-state index in [0.29, 0.717) is 24.1 Å². The predicted octanol–water partition coefficient (Wildman–Crippen LogP) is 1.51. The minimum absolute atomic E-state index is 0.237. The summed E-state index contributed by atoms with van der Waals surface area (Å²) >= 11 is 0. The molecule has 90 valence electrons. The zero-order valence-corrected chi connectivity index (χ0v) is 9.50. The third-order valence-corrected chi connectivity index (χ3v) is 2.96. The Labute approximate surface area is 103 Å². The van der Waals surface area contributed by atoms with E-state index in [1.165, 1.54) is 11.2 Å². The number of carbonyl (C=O) groups is 2. The Morgan fingerprint density at radius 2 is 1.72 bits per heavy atom. The molecule has 0 spiro atoms. The first-order valence-corrected chi connectivity index (χ1v) is 5.62. The molecule has 5 heteroatoms. The van der Waals surface area contributed by atoms with E-state index >= 15 is 0 Å². The van der Waals surface area contributed by atoms with Crippen LogP contribution in [-0.4, -0.2) is 28.4 Å². The number of carbonyl (C=O) groups excluding carboxylic acids is 2. The van der Waals surface area contributed by atoms with E-state index in [9.17, 15) is 9.59 Å². The molecule has 1 aromatic carbocycles. The van der Waals surface area contributed by atoms with Crippen LogP contribution in [0.25, 0.3) is 0 Å². The van der Waals surface area contributed by atoms with Gasteiger partial charge in [0.05, 0.1) is 16.8 Å². The van der Waals surface area contributed by atoms with Crippen LogP contribution in [0.1, 0.15) is 26.4 Å². The third-order valence-electron chi connectivity index (χ3n) is 2.96. The molecule has 0 N–H and O–H groups in total. The van der Waals surface area contributed by atoms with Gasteiger partial charge in [0.2, 0.25) is 0 Å². The molecular formula is C13H10N2O3. The molecule has 18 heavy (non-hydrogen) atoms. The number of imide groups is 1. The summed E-state index contributed by atoms with van der Waals surface area (Å²) in [6, 6.07) is 8.58. The van der Waals surface area contributed by atoms with Crippen molar-refractivity contribution in [3.63, 3.8) is 0 Å². The van der Waals surface area contributed by atoms with Gasteiger partial charge in [0.1, 0.15) is 6.26 Å². The summed E-state index contributed by atoms with van der Waals surface area (Å²) in [4.78, 5) is 25.3. The van der Waals surface area contributed by atoms with Crippen LogP contribution in [0.2, 0.25) is 0 Å². The first-order chi connectivity index (χ1) is 8.77. The minimum Gasteiger partial charge on any atom is -0.365 e. The fraction of sp³-hybridized carbons (Fsp3) is 0.154. The smallest absolute Gasteiger partial charge is 0.261 e. The van der Waals surface area contributed by atoms with Gasteiger partial charge in [-0.1, -0.05) is 17.3 Å². The van der Waals surface area contributed by atoms with Crippen molar-refractivity contribution in [2.75, 3.05) is 6.54 Å². The Hall–Kier alpha value is -2.43. The highest BCUT2D eigenvalue weighted by Crippen LogP contribution is 2.22. The molecule has 0 unspecified atom stereocenters. The fourth-order valence-electron chi connectivity index (χ4n) is 2.04. The number of rotatable bonds is 3. The molecule has 0 atom stereocenters. The highest BCUT2D eigenvalue weighted by molar-refractivity contribution is 6.21. The molecule has 1 aromatic heterocycles. The Kier molecular flexibility index (Phi) is 2.44. The Morgan fingerprint density at radius 3 is 2.28 bits per heavy atom. The van der Waals surface area contributed by atoms with Crippen molar-refractivity contribution >= 4 is 11.8 Å². The molecule has 0 bridgehead atoms. The average molecular weight is 242 g/mol. The first kappa shape index (κ1) is 10.7. The van der Waals surface area contributed by atoms with Gasteiger partial charge in [-0.3, -0.25) is 14.5 Å². The maximum Gasteiger partial charge on any atom is 0.261 e. The van der Waals surface area contributed by atoms with Crippen LogP contribution in [0.4, 0.5) is 0 Å². The summed E-state index contributed by atoms with van der Waals surface area (Å²) in [5.74, 6) is -0.474. The predicted molar refractivity (Wildman–Crippen MR) is 62.0 cm³/mol. The van der Waals surface area contributed by atoms with E-state index in [2.05, 4.69) is 5.16 Å². The monoisotopic (exact) mass is 242 g/mol. The second-order valence-electron chi connectivity index (χ2n) is 4.05. The van der Waals surface area contributed by atoms with Crippen molar-refractivity contribution in [2.45, 2.75) is 6.42 Å². The molecular weight excluding hydrogens is 232 g/mol. The molecule has 3 rings (SSSR count). The maximum absolute atomic E-state index is 12.0. The van der Waals surface area contributed by atoms with Crippen LogP contribution in [0, 0.1) is 0 Å². The molecule has 2 heterocycles. The molecule has 0 saturated carbocycles. The van der Waals surface area contributed by atoms with Crippen LogP contribution in [0.5, 0.6) is 0 Å². The molecule has 0 fully saturated rings. The molecule has 0 radical (unpaired) electrons. The maximum atomic E-state index is 12.0. The van der Waals surface area contributed by atoms with Crippen LogP contribution in [0.3, 0.4) is 0 Å². The van der Waals surface area contributed by atoms with E-state index in [0.717, 1.165) is 5.69 Å². The number of benzene rings is 1. The topological polar surface area (TPSA) is 63.4 Å². The number of nitrogens with zero attached hydrogens (tertiary/aromatic N) is 2. The van der Waals surface area contributed by atoms with Crippen molar-refractivity contribution in [2.24, 2.45) is 0 Å². The second kappa shape index (κ2) is 4.10. The van der Waals surface area contributed by atoms with Crippen molar-refractivity contribution < 1.29 is 14.1 Å². The lowest BCUT2D eigenvalue weighted by atomic mass is 10.1. The summed E-state index contributed by atoms with van der Waals surface area (Å²) in [6.45, 7) is 0.318. The fourth-order valence-corrected chi connectivity index (χ4v) is 2.04. The summed E-state index contributed by atoms with van der Waals surface area (Å²) in [5.41, 5.74) is 1.68. The summed E-state index contributed by atoms with van der Waals surface area (Å²) < 4.78 is 4.71. The van der Waals surface area contributed by atoms with Crippen molar-refractivity contribution in [3.05, 3.63) is 53.4 Å². The molecule has 5 nitrogen and oxygen atoms in total.